The summed E-state index contributed by atoms with van der Waals surface area (Å²) >= 11 is 0. The van der Waals surface area contributed by atoms with Crippen LogP contribution in [0, 0.1) is 0 Å². The van der Waals surface area contributed by atoms with Crippen molar-refractivity contribution in [1.82, 2.24) is 24.8 Å². The molecule has 0 saturated heterocycles. The van der Waals surface area contributed by atoms with Crippen molar-refractivity contribution in [1.29, 1.82) is 0 Å². The molecule has 0 atom stereocenters. The van der Waals surface area contributed by atoms with Crippen molar-refractivity contribution in [3.63, 3.8) is 0 Å². The Kier molecular flexibility index (Phi) is 4.29. The lowest BCUT2D eigenvalue weighted by atomic mass is 10.1. The third kappa shape index (κ3) is 3.25. The van der Waals surface area contributed by atoms with E-state index in [0.717, 1.165) is 33.7 Å². The van der Waals surface area contributed by atoms with Crippen molar-refractivity contribution in [3.8, 4) is 22.8 Å². The molecule has 2 heterocycles. The Morgan fingerprint density at radius 3 is 2.41 bits per heavy atom. The molecule has 5 aromatic rings. The predicted molar refractivity (Wildman–Crippen MR) is 112 cm³/mol. The van der Waals surface area contributed by atoms with Crippen molar-refractivity contribution in [2.75, 3.05) is 7.11 Å². The van der Waals surface area contributed by atoms with Crippen molar-refractivity contribution in [2.45, 2.75) is 6.54 Å². The van der Waals surface area contributed by atoms with E-state index in [4.69, 9.17) is 4.74 Å². The van der Waals surface area contributed by atoms with Crippen LogP contribution in [-0.2, 0) is 6.54 Å². The maximum absolute atomic E-state index is 5.60. The zero-order valence-corrected chi connectivity index (χ0v) is 15.9. The van der Waals surface area contributed by atoms with Crippen LogP contribution in [0.1, 0.15) is 5.56 Å². The van der Waals surface area contributed by atoms with Crippen LogP contribution in [0.4, 0.5) is 0 Å². The van der Waals surface area contributed by atoms with Crippen LogP contribution in [0.3, 0.4) is 0 Å². The van der Waals surface area contributed by atoms with Gasteiger partial charge in [-0.15, -0.1) is 5.10 Å². The minimum absolute atomic E-state index is 0.697. The van der Waals surface area contributed by atoms with Crippen LogP contribution in [-0.4, -0.2) is 31.9 Å². The Hall–Kier alpha value is -3.93. The molecule has 142 valence electrons. The van der Waals surface area contributed by atoms with E-state index in [1.807, 2.05) is 82.3 Å². The van der Waals surface area contributed by atoms with Gasteiger partial charge in [0, 0.05) is 5.56 Å². The standard InChI is InChI=1S/C23H19N5O/c1-29-23-20-9-5-6-10-21(20)25-28(23)19-13-11-18(12-14-19)22-16-27(26-24-22)15-17-7-3-2-4-8-17/h2-14,16H,15H2,1H3. The highest BCUT2D eigenvalue weighted by Crippen LogP contribution is 2.29. The fourth-order valence-electron chi connectivity index (χ4n) is 3.43. The van der Waals surface area contributed by atoms with E-state index >= 15 is 0 Å². The molecule has 0 aliphatic rings. The van der Waals surface area contributed by atoms with Crippen molar-refractivity contribution in [2.24, 2.45) is 0 Å². The molecule has 6 heteroatoms. The number of benzene rings is 3. The minimum atomic E-state index is 0.697. The molecular formula is C23H19N5O. The smallest absolute Gasteiger partial charge is 0.224 e. The summed E-state index contributed by atoms with van der Waals surface area (Å²) < 4.78 is 9.27. The molecule has 0 fully saturated rings. The van der Waals surface area contributed by atoms with Crippen molar-refractivity contribution < 1.29 is 4.74 Å². The SMILES string of the molecule is COc1c2ccccc2nn1-c1ccc(-c2cn(Cc3ccccc3)nn2)cc1. The quantitative estimate of drug-likeness (QED) is 0.454. The molecule has 29 heavy (non-hydrogen) atoms. The molecule has 6 nitrogen and oxygen atoms in total. The highest BCUT2D eigenvalue weighted by molar-refractivity contribution is 5.85. The van der Waals surface area contributed by atoms with Gasteiger partial charge in [-0.3, -0.25) is 0 Å². The Bertz CT molecular complexity index is 1260. The van der Waals surface area contributed by atoms with E-state index in [0.29, 0.717) is 6.54 Å². The Labute approximate surface area is 168 Å². The van der Waals surface area contributed by atoms with E-state index in [1.54, 1.807) is 7.11 Å². The molecule has 0 radical (unpaired) electrons. The van der Waals surface area contributed by atoms with Crippen molar-refractivity contribution >= 4 is 10.9 Å². The summed E-state index contributed by atoms with van der Waals surface area (Å²) in [6, 6.07) is 26.3. The van der Waals surface area contributed by atoms with Gasteiger partial charge in [0.25, 0.3) is 0 Å². The second kappa shape index (κ2) is 7.24. The number of nitrogens with zero attached hydrogens (tertiary/aromatic N) is 5. The highest BCUT2D eigenvalue weighted by atomic mass is 16.5. The molecular weight excluding hydrogens is 362 g/mol. The Balaban J connectivity index is 1.43. The van der Waals surface area contributed by atoms with Crippen LogP contribution in [0.15, 0.2) is 85.1 Å². The molecule has 0 aliphatic heterocycles. The Morgan fingerprint density at radius 1 is 0.862 bits per heavy atom. The van der Waals surface area contributed by atoms with Gasteiger partial charge in [-0.05, 0) is 29.8 Å². The number of ether oxygens (including phenoxy) is 1. The number of hydrogen-bond donors (Lipinski definition) is 0. The van der Waals surface area contributed by atoms with Crippen LogP contribution in [0.2, 0.25) is 0 Å². The first kappa shape index (κ1) is 17.2. The predicted octanol–water partition coefficient (Wildman–Crippen LogP) is 4.34. The van der Waals surface area contributed by atoms with E-state index < -0.39 is 0 Å². The first-order valence-electron chi connectivity index (χ1n) is 9.38. The summed E-state index contributed by atoms with van der Waals surface area (Å²) in [7, 11) is 1.67. The fourth-order valence-corrected chi connectivity index (χ4v) is 3.43. The van der Waals surface area contributed by atoms with Gasteiger partial charge in [0.15, 0.2) is 0 Å². The van der Waals surface area contributed by atoms with Gasteiger partial charge in [0.2, 0.25) is 5.88 Å². The molecule has 2 aromatic heterocycles. The van der Waals surface area contributed by atoms with Gasteiger partial charge in [-0.1, -0.05) is 59.8 Å². The zero-order valence-electron chi connectivity index (χ0n) is 15.9. The number of methoxy groups -OCH3 is 1. The second-order valence-electron chi connectivity index (χ2n) is 6.77. The maximum Gasteiger partial charge on any atom is 0.224 e. The second-order valence-corrected chi connectivity index (χ2v) is 6.77. The highest BCUT2D eigenvalue weighted by Gasteiger charge is 2.13. The van der Waals surface area contributed by atoms with Gasteiger partial charge in [0.1, 0.15) is 5.69 Å². The molecule has 0 saturated carbocycles. The third-order valence-electron chi connectivity index (χ3n) is 4.86. The number of aromatic nitrogens is 5. The molecule has 0 spiro atoms. The monoisotopic (exact) mass is 381 g/mol. The molecule has 0 amide bonds. The average molecular weight is 381 g/mol. The summed E-state index contributed by atoms with van der Waals surface area (Å²) in [5, 5.41) is 14.2. The number of fused-ring (bicyclic) bond motifs is 1. The van der Waals surface area contributed by atoms with Crippen LogP contribution >= 0.6 is 0 Å². The molecule has 0 aliphatic carbocycles. The first-order valence-corrected chi connectivity index (χ1v) is 9.38. The van der Waals surface area contributed by atoms with Gasteiger partial charge in [-0.25, -0.2) is 4.68 Å². The van der Waals surface area contributed by atoms with Gasteiger partial charge in [0.05, 0.1) is 36.4 Å². The normalized spacial score (nSPS) is 11.1. The topological polar surface area (TPSA) is 57.8 Å². The molecule has 0 bridgehead atoms. The molecule has 3 aromatic carbocycles. The summed E-state index contributed by atoms with van der Waals surface area (Å²) in [4.78, 5) is 0. The first-order chi connectivity index (χ1) is 14.3. The van der Waals surface area contributed by atoms with Gasteiger partial charge < -0.3 is 4.74 Å². The van der Waals surface area contributed by atoms with Crippen LogP contribution in [0.5, 0.6) is 5.88 Å². The number of hydrogen-bond acceptors (Lipinski definition) is 4. The molecule has 0 N–H and O–H groups in total. The van der Waals surface area contributed by atoms with E-state index in [-0.39, 0.29) is 0 Å². The summed E-state index contributed by atoms with van der Waals surface area (Å²) in [5.41, 5.74) is 4.86. The van der Waals surface area contributed by atoms with E-state index in [1.165, 1.54) is 5.56 Å². The summed E-state index contributed by atoms with van der Waals surface area (Å²) in [6.07, 6.45) is 1.96. The molecule has 0 unspecified atom stereocenters. The van der Waals surface area contributed by atoms with Gasteiger partial charge in [-0.2, -0.15) is 9.78 Å². The minimum Gasteiger partial charge on any atom is -0.480 e. The van der Waals surface area contributed by atoms with Crippen LogP contribution < -0.4 is 4.74 Å². The van der Waals surface area contributed by atoms with Gasteiger partial charge >= 0.3 is 0 Å². The van der Waals surface area contributed by atoms with Crippen molar-refractivity contribution in [3.05, 3.63) is 90.6 Å². The van der Waals surface area contributed by atoms with E-state index in [9.17, 15) is 0 Å². The lowest BCUT2D eigenvalue weighted by molar-refractivity contribution is 0.388. The lowest BCUT2D eigenvalue weighted by Gasteiger charge is -2.07. The van der Waals surface area contributed by atoms with Crippen LogP contribution in [0.25, 0.3) is 27.8 Å². The maximum atomic E-state index is 5.60. The molecule has 5 rings (SSSR count). The summed E-state index contributed by atoms with van der Waals surface area (Å²) in [6.45, 7) is 0.697. The van der Waals surface area contributed by atoms with E-state index in [2.05, 4.69) is 27.5 Å². The third-order valence-corrected chi connectivity index (χ3v) is 4.86. The summed E-state index contributed by atoms with van der Waals surface area (Å²) in [5.74, 6) is 0.724. The Morgan fingerprint density at radius 2 is 1.62 bits per heavy atom. The fraction of sp³-hybridized carbons (Fsp3) is 0.0870. The number of rotatable bonds is 5. The largest absolute Gasteiger partial charge is 0.480 e. The zero-order chi connectivity index (χ0) is 19.6. The average Bonchev–Trinajstić information content (AvgIpc) is 3.39. The lowest BCUT2D eigenvalue weighted by Crippen LogP contribution is -1.99.